The van der Waals surface area contributed by atoms with Crippen LogP contribution in [0.1, 0.15) is 5.56 Å². The summed E-state index contributed by atoms with van der Waals surface area (Å²) in [5, 5.41) is 4.23. The van der Waals surface area contributed by atoms with Crippen molar-refractivity contribution in [2.24, 2.45) is 0 Å². The Morgan fingerprint density at radius 3 is 2.56 bits per heavy atom. The van der Waals surface area contributed by atoms with E-state index in [0.29, 0.717) is 11.6 Å². The normalized spacial score (nSPS) is 11.3. The standard InChI is InChI=1S/C17H18N4O3S/c1-24-17-9-8-15(12-18-17)21(25(2,22)23)13-14-6-3-4-7-16(14)20-11-5-10-19-20/h3-12H,13H2,1-2H3. The van der Waals surface area contributed by atoms with Crippen molar-refractivity contribution in [2.45, 2.75) is 6.54 Å². The molecule has 0 saturated heterocycles. The Morgan fingerprint density at radius 1 is 1.16 bits per heavy atom. The molecule has 0 spiro atoms. The summed E-state index contributed by atoms with van der Waals surface area (Å²) in [6, 6.07) is 12.7. The van der Waals surface area contributed by atoms with Gasteiger partial charge in [0, 0.05) is 18.5 Å². The molecule has 0 unspecified atom stereocenters. The average molecular weight is 358 g/mol. The molecule has 1 aromatic carbocycles. The van der Waals surface area contributed by atoms with Crippen LogP contribution in [0.25, 0.3) is 5.69 Å². The van der Waals surface area contributed by atoms with Gasteiger partial charge in [0.15, 0.2) is 0 Å². The van der Waals surface area contributed by atoms with E-state index in [4.69, 9.17) is 4.74 Å². The molecule has 8 heteroatoms. The first-order chi connectivity index (χ1) is 12.0. The highest BCUT2D eigenvalue weighted by Gasteiger charge is 2.20. The number of ether oxygens (including phenoxy) is 1. The fourth-order valence-electron chi connectivity index (χ4n) is 2.47. The summed E-state index contributed by atoms with van der Waals surface area (Å²) in [6.45, 7) is 0.170. The lowest BCUT2D eigenvalue weighted by Gasteiger charge is -2.23. The first-order valence-corrected chi connectivity index (χ1v) is 9.39. The second kappa shape index (κ2) is 6.94. The van der Waals surface area contributed by atoms with Crippen LogP contribution in [0.2, 0.25) is 0 Å². The van der Waals surface area contributed by atoms with Crippen LogP contribution >= 0.6 is 0 Å². The Kier molecular flexibility index (Phi) is 4.71. The minimum Gasteiger partial charge on any atom is -0.481 e. The summed E-state index contributed by atoms with van der Waals surface area (Å²) >= 11 is 0. The van der Waals surface area contributed by atoms with Crippen molar-refractivity contribution in [1.29, 1.82) is 0 Å². The molecular formula is C17H18N4O3S. The van der Waals surface area contributed by atoms with Gasteiger partial charge in [0.25, 0.3) is 0 Å². The monoisotopic (exact) mass is 358 g/mol. The Bertz CT molecular complexity index is 938. The number of benzene rings is 1. The summed E-state index contributed by atoms with van der Waals surface area (Å²) in [5.41, 5.74) is 2.12. The third kappa shape index (κ3) is 3.80. The van der Waals surface area contributed by atoms with Crippen molar-refractivity contribution in [3.05, 3.63) is 66.6 Å². The van der Waals surface area contributed by atoms with Crippen molar-refractivity contribution in [3.63, 3.8) is 0 Å². The molecule has 2 heterocycles. The first kappa shape index (κ1) is 17.0. The topological polar surface area (TPSA) is 77.3 Å². The second-order valence-corrected chi connectivity index (χ2v) is 7.31. The molecule has 0 fully saturated rings. The number of hydrogen-bond donors (Lipinski definition) is 0. The van der Waals surface area contributed by atoms with E-state index in [9.17, 15) is 8.42 Å². The van der Waals surface area contributed by atoms with Gasteiger partial charge in [-0.25, -0.2) is 18.1 Å². The van der Waals surface area contributed by atoms with E-state index in [0.717, 1.165) is 11.3 Å². The number of nitrogens with zero attached hydrogens (tertiary/aromatic N) is 4. The number of pyridine rings is 1. The van der Waals surface area contributed by atoms with Crippen LogP contribution in [0, 0.1) is 0 Å². The molecule has 0 saturated carbocycles. The molecule has 25 heavy (non-hydrogen) atoms. The van der Waals surface area contributed by atoms with Crippen molar-refractivity contribution < 1.29 is 13.2 Å². The lowest BCUT2D eigenvalue weighted by molar-refractivity contribution is 0.398. The van der Waals surface area contributed by atoms with Crippen molar-refractivity contribution in [1.82, 2.24) is 14.8 Å². The van der Waals surface area contributed by atoms with Crippen LogP contribution < -0.4 is 9.04 Å². The minimum atomic E-state index is -3.50. The number of rotatable bonds is 6. The minimum absolute atomic E-state index is 0.170. The zero-order valence-corrected chi connectivity index (χ0v) is 14.7. The molecule has 3 aromatic rings. The van der Waals surface area contributed by atoms with Gasteiger partial charge in [0.1, 0.15) is 0 Å². The summed E-state index contributed by atoms with van der Waals surface area (Å²) in [5.74, 6) is 0.425. The zero-order chi connectivity index (χ0) is 17.9. The van der Waals surface area contributed by atoms with Crippen LogP contribution in [0.5, 0.6) is 5.88 Å². The third-order valence-electron chi connectivity index (χ3n) is 3.67. The molecule has 0 amide bonds. The smallest absolute Gasteiger partial charge is 0.232 e. The van der Waals surface area contributed by atoms with Gasteiger partial charge >= 0.3 is 0 Å². The third-order valence-corrected chi connectivity index (χ3v) is 4.82. The highest BCUT2D eigenvalue weighted by Crippen LogP contribution is 2.24. The summed E-state index contributed by atoms with van der Waals surface area (Å²) < 4.78 is 32.7. The highest BCUT2D eigenvalue weighted by atomic mass is 32.2. The fraction of sp³-hybridized carbons (Fsp3) is 0.176. The largest absolute Gasteiger partial charge is 0.481 e. The van der Waals surface area contributed by atoms with E-state index in [-0.39, 0.29) is 6.54 Å². The van der Waals surface area contributed by atoms with E-state index >= 15 is 0 Å². The summed E-state index contributed by atoms with van der Waals surface area (Å²) in [7, 11) is -1.99. The Morgan fingerprint density at radius 2 is 1.96 bits per heavy atom. The molecular weight excluding hydrogens is 340 g/mol. The van der Waals surface area contributed by atoms with E-state index in [1.54, 1.807) is 23.0 Å². The molecule has 130 valence electrons. The van der Waals surface area contributed by atoms with Crippen LogP contribution in [-0.4, -0.2) is 36.5 Å². The number of para-hydroxylation sites is 1. The molecule has 0 aliphatic carbocycles. The van der Waals surface area contributed by atoms with Gasteiger partial charge in [0.05, 0.1) is 37.5 Å². The van der Waals surface area contributed by atoms with Gasteiger partial charge in [-0.3, -0.25) is 4.31 Å². The quantitative estimate of drug-likeness (QED) is 0.675. The molecule has 0 N–H and O–H groups in total. The van der Waals surface area contributed by atoms with Gasteiger partial charge in [-0.2, -0.15) is 5.10 Å². The Hall–Kier alpha value is -2.87. The van der Waals surface area contributed by atoms with Gasteiger partial charge in [-0.05, 0) is 23.8 Å². The van der Waals surface area contributed by atoms with Crippen LogP contribution in [0.4, 0.5) is 5.69 Å². The van der Waals surface area contributed by atoms with Crippen LogP contribution in [-0.2, 0) is 16.6 Å². The Balaban J connectivity index is 2.00. The summed E-state index contributed by atoms with van der Waals surface area (Å²) in [4.78, 5) is 4.10. The molecule has 0 bridgehead atoms. The van der Waals surface area contributed by atoms with E-state index in [2.05, 4.69) is 10.1 Å². The van der Waals surface area contributed by atoms with Crippen molar-refractivity contribution in [2.75, 3.05) is 17.7 Å². The van der Waals surface area contributed by atoms with Gasteiger partial charge in [0.2, 0.25) is 15.9 Å². The lowest BCUT2D eigenvalue weighted by atomic mass is 10.1. The van der Waals surface area contributed by atoms with Crippen LogP contribution in [0.15, 0.2) is 61.1 Å². The predicted octanol–water partition coefficient (Wildman–Crippen LogP) is 2.24. The number of hydrogen-bond acceptors (Lipinski definition) is 5. The Labute approximate surface area is 146 Å². The van der Waals surface area contributed by atoms with Crippen LogP contribution in [0.3, 0.4) is 0 Å². The van der Waals surface area contributed by atoms with E-state index in [1.807, 2.05) is 36.5 Å². The number of aromatic nitrogens is 3. The maximum absolute atomic E-state index is 12.3. The molecule has 0 aliphatic rings. The average Bonchev–Trinajstić information content (AvgIpc) is 3.13. The summed E-state index contributed by atoms with van der Waals surface area (Å²) in [6.07, 6.45) is 6.15. The maximum Gasteiger partial charge on any atom is 0.232 e. The van der Waals surface area contributed by atoms with Crippen molar-refractivity contribution in [3.8, 4) is 11.6 Å². The lowest BCUT2D eigenvalue weighted by Crippen LogP contribution is -2.30. The molecule has 0 aliphatic heterocycles. The van der Waals surface area contributed by atoms with Crippen molar-refractivity contribution >= 4 is 15.7 Å². The fourth-order valence-corrected chi connectivity index (χ4v) is 3.34. The van der Waals surface area contributed by atoms with E-state index < -0.39 is 10.0 Å². The highest BCUT2D eigenvalue weighted by molar-refractivity contribution is 7.92. The molecule has 0 radical (unpaired) electrons. The number of methoxy groups -OCH3 is 1. The van der Waals surface area contributed by atoms with E-state index in [1.165, 1.54) is 23.9 Å². The molecule has 2 aromatic heterocycles. The second-order valence-electron chi connectivity index (χ2n) is 5.41. The predicted molar refractivity (Wildman–Crippen MR) is 95.4 cm³/mol. The molecule has 0 atom stereocenters. The number of anilines is 1. The maximum atomic E-state index is 12.3. The van der Waals surface area contributed by atoms with Gasteiger partial charge in [-0.1, -0.05) is 18.2 Å². The van der Waals surface area contributed by atoms with Gasteiger partial charge in [-0.15, -0.1) is 0 Å². The van der Waals surface area contributed by atoms with Gasteiger partial charge < -0.3 is 4.74 Å². The first-order valence-electron chi connectivity index (χ1n) is 7.55. The SMILES string of the molecule is COc1ccc(N(Cc2ccccc2-n2cccn2)S(C)(=O)=O)cn1. The number of sulfonamides is 1. The molecule has 7 nitrogen and oxygen atoms in total. The molecule has 3 rings (SSSR count). The zero-order valence-electron chi connectivity index (χ0n) is 13.9.